The van der Waals surface area contributed by atoms with Crippen LogP contribution in [-0.4, -0.2) is 5.97 Å². The van der Waals surface area contributed by atoms with Crippen LogP contribution in [0, 0.1) is 0 Å². The Bertz CT molecular complexity index is 246. The summed E-state index contributed by atoms with van der Waals surface area (Å²) in [5.41, 5.74) is 0. The van der Waals surface area contributed by atoms with Gasteiger partial charge in [-0.1, -0.05) is 25.1 Å². The van der Waals surface area contributed by atoms with Crippen molar-refractivity contribution in [2.45, 2.75) is 19.8 Å². The van der Waals surface area contributed by atoms with Gasteiger partial charge in [0.25, 0.3) is 0 Å². The van der Waals surface area contributed by atoms with E-state index >= 15 is 0 Å². The van der Waals surface area contributed by atoms with Crippen LogP contribution in [0.4, 0.5) is 0 Å². The number of ether oxygens (including phenoxy) is 1. The Labute approximate surface area is 88.2 Å². The molecule has 0 aliphatic heterocycles. The van der Waals surface area contributed by atoms with Gasteiger partial charge in [-0.3, -0.25) is 4.79 Å². The van der Waals surface area contributed by atoms with Crippen LogP contribution in [0.2, 0.25) is 0 Å². The summed E-state index contributed by atoms with van der Waals surface area (Å²) in [6.07, 6.45) is 1.31. The summed E-state index contributed by atoms with van der Waals surface area (Å²) in [5, 5.41) is 0. The van der Waals surface area contributed by atoms with Crippen molar-refractivity contribution in [3.05, 3.63) is 30.3 Å². The van der Waals surface area contributed by atoms with Gasteiger partial charge in [0.1, 0.15) is 5.75 Å². The van der Waals surface area contributed by atoms with Crippen molar-refractivity contribution in [2.75, 3.05) is 0 Å². The third-order valence-electron chi connectivity index (χ3n) is 1.43. The number of carbonyl (C=O) groups is 1. The molecule has 0 aromatic heterocycles. The Morgan fingerprint density at radius 2 is 1.92 bits per heavy atom. The van der Waals surface area contributed by atoms with E-state index in [1.54, 1.807) is 12.1 Å². The monoisotopic (exact) mass is 222 g/mol. The third kappa shape index (κ3) is 4.69. The topological polar surface area (TPSA) is 26.3 Å². The number of carbonyl (C=O) groups excluding carboxylic acids is 1. The molecule has 0 N–H and O–H groups in total. The van der Waals surface area contributed by atoms with Crippen molar-refractivity contribution >= 4 is 5.97 Å². The first-order valence-corrected chi connectivity index (χ1v) is 4.08. The Morgan fingerprint density at radius 1 is 1.31 bits per heavy atom. The molecule has 1 aromatic rings. The Balaban J connectivity index is 0.00000144. The second-order valence-corrected chi connectivity index (χ2v) is 2.54. The van der Waals surface area contributed by atoms with E-state index in [0.717, 1.165) is 6.42 Å². The minimum absolute atomic E-state index is 0. The normalized spacial score (nSPS) is 8.69. The Hall–Kier alpha value is -0.816. The van der Waals surface area contributed by atoms with E-state index in [-0.39, 0.29) is 22.5 Å². The quantitative estimate of drug-likeness (QED) is 0.446. The zero-order valence-corrected chi connectivity index (χ0v) is 8.42. The maximum atomic E-state index is 11.0. The molecule has 0 aliphatic rings. The molecule has 0 atom stereocenters. The largest absolute Gasteiger partial charge is 0.427 e. The van der Waals surface area contributed by atoms with E-state index in [1.807, 2.05) is 25.1 Å². The molecule has 13 heavy (non-hydrogen) atoms. The summed E-state index contributed by atoms with van der Waals surface area (Å²) in [4.78, 5) is 11.0. The Kier molecular flexibility index (Phi) is 6.25. The van der Waals surface area contributed by atoms with Crippen LogP contribution in [0.3, 0.4) is 0 Å². The Morgan fingerprint density at radius 3 is 2.46 bits per heavy atom. The molecule has 0 unspecified atom stereocenters. The number of hydrogen-bond donors (Lipinski definition) is 0. The van der Waals surface area contributed by atoms with Gasteiger partial charge in [0.2, 0.25) is 0 Å². The van der Waals surface area contributed by atoms with Gasteiger partial charge < -0.3 is 4.74 Å². The van der Waals surface area contributed by atoms with Gasteiger partial charge in [0.15, 0.2) is 0 Å². The molecule has 0 aliphatic carbocycles. The molecule has 0 amide bonds. The average molecular weight is 223 g/mol. The number of rotatable bonds is 3. The maximum absolute atomic E-state index is 11.0. The number of benzene rings is 1. The van der Waals surface area contributed by atoms with Crippen molar-refractivity contribution in [1.82, 2.24) is 0 Å². The second-order valence-electron chi connectivity index (χ2n) is 2.54. The van der Waals surface area contributed by atoms with Crippen molar-refractivity contribution < 1.29 is 26.0 Å². The standard InChI is InChI=1S/C10H12O2.Ni/c1-2-6-10(11)12-9-7-4-3-5-8-9;/h3-5,7-8H,2,6H2,1H3;. The van der Waals surface area contributed by atoms with Crippen LogP contribution in [0.1, 0.15) is 19.8 Å². The van der Waals surface area contributed by atoms with E-state index in [9.17, 15) is 4.79 Å². The van der Waals surface area contributed by atoms with Gasteiger partial charge in [-0.15, -0.1) is 0 Å². The zero-order chi connectivity index (χ0) is 8.81. The summed E-state index contributed by atoms with van der Waals surface area (Å²) >= 11 is 0. The van der Waals surface area contributed by atoms with Gasteiger partial charge in [0.05, 0.1) is 0 Å². The van der Waals surface area contributed by atoms with Crippen LogP contribution in [0.5, 0.6) is 5.75 Å². The molecular formula is C10H12NiO2. The van der Waals surface area contributed by atoms with E-state index in [4.69, 9.17) is 4.74 Å². The molecule has 74 valence electrons. The van der Waals surface area contributed by atoms with Gasteiger partial charge in [-0.25, -0.2) is 0 Å². The van der Waals surface area contributed by atoms with Crippen molar-refractivity contribution in [3.63, 3.8) is 0 Å². The fourth-order valence-corrected chi connectivity index (χ4v) is 0.875. The summed E-state index contributed by atoms with van der Waals surface area (Å²) in [6, 6.07) is 9.11. The molecule has 1 rings (SSSR count). The van der Waals surface area contributed by atoms with Crippen LogP contribution in [0.15, 0.2) is 30.3 Å². The molecule has 0 radical (unpaired) electrons. The summed E-state index contributed by atoms with van der Waals surface area (Å²) in [6.45, 7) is 1.95. The predicted molar refractivity (Wildman–Crippen MR) is 47.0 cm³/mol. The predicted octanol–water partition coefficient (Wildman–Crippen LogP) is 2.39. The minimum atomic E-state index is -0.163. The molecule has 3 heteroatoms. The maximum Gasteiger partial charge on any atom is 0.311 e. The van der Waals surface area contributed by atoms with Gasteiger partial charge in [-0.2, -0.15) is 0 Å². The van der Waals surface area contributed by atoms with E-state index in [2.05, 4.69) is 0 Å². The summed E-state index contributed by atoms with van der Waals surface area (Å²) in [5.74, 6) is 0.458. The molecule has 0 saturated heterocycles. The third-order valence-corrected chi connectivity index (χ3v) is 1.43. The smallest absolute Gasteiger partial charge is 0.311 e. The SMILES string of the molecule is CCCC(=O)Oc1ccccc1.[Ni]. The molecular weight excluding hydrogens is 211 g/mol. The molecule has 2 nitrogen and oxygen atoms in total. The van der Waals surface area contributed by atoms with Crippen LogP contribution in [0.25, 0.3) is 0 Å². The van der Waals surface area contributed by atoms with Crippen molar-refractivity contribution in [1.29, 1.82) is 0 Å². The van der Waals surface area contributed by atoms with Gasteiger partial charge in [0, 0.05) is 22.9 Å². The van der Waals surface area contributed by atoms with Gasteiger partial charge in [-0.05, 0) is 18.6 Å². The fraction of sp³-hybridized carbons (Fsp3) is 0.300. The molecule has 0 heterocycles. The average Bonchev–Trinajstić information content (AvgIpc) is 2.06. The fourth-order valence-electron chi connectivity index (χ4n) is 0.875. The van der Waals surface area contributed by atoms with Crippen LogP contribution < -0.4 is 4.74 Å². The van der Waals surface area contributed by atoms with Crippen LogP contribution in [-0.2, 0) is 21.3 Å². The first-order chi connectivity index (χ1) is 5.83. The van der Waals surface area contributed by atoms with Crippen molar-refractivity contribution in [2.24, 2.45) is 0 Å². The first kappa shape index (κ1) is 12.2. The molecule has 0 bridgehead atoms. The number of para-hydroxylation sites is 1. The molecule has 1 aromatic carbocycles. The number of esters is 1. The minimum Gasteiger partial charge on any atom is -0.427 e. The van der Waals surface area contributed by atoms with E-state index in [1.165, 1.54) is 0 Å². The zero-order valence-electron chi connectivity index (χ0n) is 7.43. The number of hydrogen-bond acceptors (Lipinski definition) is 2. The first-order valence-electron chi connectivity index (χ1n) is 4.08. The van der Waals surface area contributed by atoms with Crippen molar-refractivity contribution in [3.8, 4) is 5.75 Å². The molecule has 0 saturated carbocycles. The van der Waals surface area contributed by atoms with Crippen LogP contribution >= 0.6 is 0 Å². The summed E-state index contributed by atoms with van der Waals surface area (Å²) in [7, 11) is 0. The van der Waals surface area contributed by atoms with E-state index in [0.29, 0.717) is 12.2 Å². The van der Waals surface area contributed by atoms with Gasteiger partial charge >= 0.3 is 5.97 Å². The molecule has 0 fully saturated rings. The molecule has 0 spiro atoms. The second kappa shape index (κ2) is 6.67. The van der Waals surface area contributed by atoms with E-state index < -0.39 is 0 Å². The summed E-state index contributed by atoms with van der Waals surface area (Å²) < 4.78 is 5.02.